The summed E-state index contributed by atoms with van der Waals surface area (Å²) in [6.07, 6.45) is 2.75. The van der Waals surface area contributed by atoms with Gasteiger partial charge in [0, 0.05) is 17.0 Å². The maximum Gasteiger partial charge on any atom is 0.182 e. The van der Waals surface area contributed by atoms with Gasteiger partial charge in [0.25, 0.3) is 0 Å². The Morgan fingerprint density at radius 1 is 1.07 bits per heavy atom. The number of aldehydes is 1. The molecule has 0 aliphatic heterocycles. The molecule has 0 spiro atoms. The SMILES string of the molecule is CNCCC(C=O)CCc1c(-c2ccc(F)cc2)[nH]c2c(F)c(F)ccc12. The van der Waals surface area contributed by atoms with Crippen LogP contribution in [0.1, 0.15) is 18.4 Å². The molecular weight excluding hydrogens is 353 g/mol. The molecule has 1 heterocycles. The highest BCUT2D eigenvalue weighted by molar-refractivity contribution is 5.91. The number of benzene rings is 2. The van der Waals surface area contributed by atoms with Crippen LogP contribution in [0, 0.1) is 23.4 Å². The summed E-state index contributed by atoms with van der Waals surface area (Å²) in [5, 5.41) is 3.60. The van der Waals surface area contributed by atoms with Crippen LogP contribution in [0.3, 0.4) is 0 Å². The van der Waals surface area contributed by atoms with Gasteiger partial charge in [0.1, 0.15) is 12.1 Å². The van der Waals surface area contributed by atoms with Crippen LogP contribution in [0.2, 0.25) is 0 Å². The van der Waals surface area contributed by atoms with E-state index >= 15 is 0 Å². The molecule has 27 heavy (non-hydrogen) atoms. The normalized spacial score (nSPS) is 12.4. The highest BCUT2D eigenvalue weighted by Crippen LogP contribution is 2.34. The van der Waals surface area contributed by atoms with Crippen molar-refractivity contribution in [2.45, 2.75) is 19.3 Å². The summed E-state index contributed by atoms with van der Waals surface area (Å²) < 4.78 is 41.2. The minimum atomic E-state index is -0.941. The molecule has 0 saturated carbocycles. The fraction of sp³-hybridized carbons (Fsp3) is 0.286. The molecule has 2 aromatic carbocycles. The molecule has 0 amide bonds. The zero-order valence-electron chi connectivity index (χ0n) is 15.0. The van der Waals surface area contributed by atoms with Gasteiger partial charge in [-0.2, -0.15) is 0 Å². The minimum absolute atomic E-state index is 0.0854. The van der Waals surface area contributed by atoms with Crippen LogP contribution in [-0.2, 0) is 11.2 Å². The van der Waals surface area contributed by atoms with Crippen LogP contribution in [0.15, 0.2) is 36.4 Å². The molecular formula is C21H21F3N2O. The van der Waals surface area contributed by atoms with Crippen molar-refractivity contribution in [1.29, 1.82) is 0 Å². The van der Waals surface area contributed by atoms with Crippen molar-refractivity contribution in [2.75, 3.05) is 13.6 Å². The first-order chi connectivity index (χ1) is 13.0. The molecule has 1 atom stereocenters. The van der Waals surface area contributed by atoms with E-state index in [1.54, 1.807) is 12.1 Å². The smallest absolute Gasteiger partial charge is 0.182 e. The Morgan fingerprint density at radius 3 is 2.48 bits per heavy atom. The van der Waals surface area contributed by atoms with Crippen molar-refractivity contribution in [1.82, 2.24) is 10.3 Å². The van der Waals surface area contributed by atoms with E-state index in [0.717, 1.165) is 24.5 Å². The summed E-state index contributed by atoms with van der Waals surface area (Å²) in [5.74, 6) is -2.37. The molecule has 1 unspecified atom stereocenters. The van der Waals surface area contributed by atoms with Crippen molar-refractivity contribution < 1.29 is 18.0 Å². The second-order valence-electron chi connectivity index (χ2n) is 6.60. The van der Waals surface area contributed by atoms with Crippen molar-refractivity contribution in [3.8, 4) is 11.3 Å². The zero-order valence-corrected chi connectivity index (χ0v) is 15.0. The second kappa shape index (κ2) is 8.39. The number of hydrogen-bond donors (Lipinski definition) is 2. The van der Waals surface area contributed by atoms with Gasteiger partial charge in [-0.3, -0.25) is 0 Å². The van der Waals surface area contributed by atoms with E-state index in [-0.39, 0.29) is 17.3 Å². The van der Waals surface area contributed by atoms with Gasteiger partial charge in [0.05, 0.1) is 5.52 Å². The standard InChI is InChI=1S/C21H21F3N2O/c1-25-11-10-13(12-27)2-7-16-17-8-9-18(23)19(24)21(17)26-20(16)14-3-5-15(22)6-4-14/h3-6,8-9,12-13,25-26H,2,7,10-11H2,1H3. The third-order valence-electron chi connectivity index (χ3n) is 4.83. The quantitative estimate of drug-likeness (QED) is 0.566. The Balaban J connectivity index is 2.02. The first kappa shape index (κ1) is 19.2. The van der Waals surface area contributed by atoms with Gasteiger partial charge in [-0.25, -0.2) is 13.2 Å². The number of carbonyl (C=O) groups excluding carboxylic acids is 1. The number of nitrogens with one attached hydrogen (secondary N) is 2. The van der Waals surface area contributed by atoms with Crippen molar-refractivity contribution in [3.05, 3.63) is 59.4 Å². The van der Waals surface area contributed by atoms with Crippen LogP contribution >= 0.6 is 0 Å². The summed E-state index contributed by atoms with van der Waals surface area (Å²) in [4.78, 5) is 14.3. The molecule has 0 radical (unpaired) electrons. The summed E-state index contributed by atoms with van der Waals surface area (Å²) in [6.45, 7) is 0.724. The molecule has 3 nitrogen and oxygen atoms in total. The minimum Gasteiger partial charge on any atom is -0.352 e. The first-order valence-corrected chi connectivity index (χ1v) is 8.89. The number of aromatic nitrogens is 1. The van der Waals surface area contributed by atoms with Gasteiger partial charge >= 0.3 is 0 Å². The Labute approximate surface area is 155 Å². The van der Waals surface area contributed by atoms with E-state index in [1.165, 1.54) is 18.2 Å². The highest BCUT2D eigenvalue weighted by atomic mass is 19.2. The van der Waals surface area contributed by atoms with Gasteiger partial charge in [-0.15, -0.1) is 0 Å². The number of hydrogen-bond acceptors (Lipinski definition) is 2. The monoisotopic (exact) mass is 374 g/mol. The Morgan fingerprint density at radius 2 is 1.81 bits per heavy atom. The van der Waals surface area contributed by atoms with Gasteiger partial charge < -0.3 is 15.1 Å². The lowest BCUT2D eigenvalue weighted by Gasteiger charge is -2.11. The molecule has 0 bridgehead atoms. The fourth-order valence-corrected chi connectivity index (χ4v) is 3.32. The molecule has 3 aromatic rings. The second-order valence-corrected chi connectivity index (χ2v) is 6.60. The van der Waals surface area contributed by atoms with E-state index < -0.39 is 11.6 Å². The molecule has 142 valence electrons. The highest BCUT2D eigenvalue weighted by Gasteiger charge is 2.19. The number of carbonyl (C=O) groups is 1. The molecule has 3 rings (SSSR count). The molecule has 6 heteroatoms. The predicted molar refractivity (Wildman–Crippen MR) is 100 cm³/mol. The average Bonchev–Trinajstić information content (AvgIpc) is 3.05. The Bertz CT molecular complexity index is 935. The van der Waals surface area contributed by atoms with Gasteiger partial charge in [0.2, 0.25) is 0 Å². The third kappa shape index (κ3) is 4.06. The van der Waals surface area contributed by atoms with E-state index in [0.29, 0.717) is 35.9 Å². The van der Waals surface area contributed by atoms with Gasteiger partial charge in [-0.1, -0.05) is 0 Å². The van der Waals surface area contributed by atoms with Crippen LogP contribution in [0.25, 0.3) is 22.2 Å². The molecule has 0 aliphatic carbocycles. The summed E-state index contributed by atoms with van der Waals surface area (Å²) in [5.41, 5.74) is 2.18. The van der Waals surface area contributed by atoms with Crippen molar-refractivity contribution >= 4 is 17.2 Å². The largest absolute Gasteiger partial charge is 0.352 e. The van der Waals surface area contributed by atoms with Gasteiger partial charge in [0.15, 0.2) is 11.6 Å². The summed E-state index contributed by atoms with van der Waals surface area (Å²) >= 11 is 0. The predicted octanol–water partition coefficient (Wildman–Crippen LogP) is 4.61. The van der Waals surface area contributed by atoms with E-state index in [2.05, 4.69) is 10.3 Å². The first-order valence-electron chi connectivity index (χ1n) is 8.89. The van der Waals surface area contributed by atoms with Crippen molar-refractivity contribution in [2.24, 2.45) is 5.92 Å². The lowest BCUT2D eigenvalue weighted by molar-refractivity contribution is -0.111. The van der Waals surface area contributed by atoms with E-state index in [4.69, 9.17) is 0 Å². The summed E-state index contributed by atoms with van der Waals surface area (Å²) in [7, 11) is 1.82. The van der Waals surface area contributed by atoms with Crippen LogP contribution in [0.4, 0.5) is 13.2 Å². The lowest BCUT2D eigenvalue weighted by atomic mass is 9.94. The molecule has 0 saturated heterocycles. The Hall–Kier alpha value is -2.60. The van der Waals surface area contributed by atoms with E-state index in [1.807, 2.05) is 7.05 Å². The van der Waals surface area contributed by atoms with Gasteiger partial charge in [-0.05, 0) is 80.4 Å². The Kier molecular flexibility index (Phi) is 5.96. The molecule has 2 N–H and O–H groups in total. The average molecular weight is 374 g/mol. The molecule has 1 aromatic heterocycles. The van der Waals surface area contributed by atoms with Crippen LogP contribution < -0.4 is 5.32 Å². The number of rotatable bonds is 8. The molecule has 0 aliphatic rings. The number of fused-ring (bicyclic) bond motifs is 1. The summed E-state index contributed by atoms with van der Waals surface area (Å²) in [6, 6.07) is 8.47. The third-order valence-corrected chi connectivity index (χ3v) is 4.83. The van der Waals surface area contributed by atoms with Crippen LogP contribution in [0.5, 0.6) is 0 Å². The lowest BCUT2D eigenvalue weighted by Crippen LogP contribution is -2.14. The van der Waals surface area contributed by atoms with E-state index in [9.17, 15) is 18.0 Å². The topological polar surface area (TPSA) is 44.9 Å². The molecule has 0 fully saturated rings. The maximum atomic E-state index is 14.3. The van der Waals surface area contributed by atoms with Crippen LogP contribution in [-0.4, -0.2) is 24.9 Å². The van der Waals surface area contributed by atoms with Crippen molar-refractivity contribution in [3.63, 3.8) is 0 Å². The number of aryl methyl sites for hydroxylation is 1. The maximum absolute atomic E-state index is 14.3. The number of aromatic amines is 1. The number of halogens is 3. The fourth-order valence-electron chi connectivity index (χ4n) is 3.32. The number of H-pyrrole nitrogens is 1. The zero-order chi connectivity index (χ0) is 19.4.